The van der Waals surface area contributed by atoms with Gasteiger partial charge in [0, 0.05) is 11.9 Å². The Morgan fingerprint density at radius 2 is 2.00 bits per heavy atom. The van der Waals surface area contributed by atoms with Crippen molar-refractivity contribution in [1.29, 1.82) is 0 Å². The molecule has 0 fully saturated rings. The number of H-pyrrole nitrogens is 1. The molecule has 3 aromatic rings. The van der Waals surface area contributed by atoms with Crippen LogP contribution < -0.4 is 5.32 Å². The zero-order valence-corrected chi connectivity index (χ0v) is 12.1. The van der Waals surface area contributed by atoms with Crippen LogP contribution >= 0.6 is 0 Å². The fourth-order valence-electron chi connectivity index (χ4n) is 2.38. The van der Waals surface area contributed by atoms with Gasteiger partial charge in [-0.1, -0.05) is 32.0 Å². The van der Waals surface area contributed by atoms with Crippen LogP contribution in [0.3, 0.4) is 0 Å². The molecule has 0 unspecified atom stereocenters. The summed E-state index contributed by atoms with van der Waals surface area (Å²) >= 11 is 0. The number of carbonyl (C=O) groups excluding carboxylic acids is 1. The van der Waals surface area contributed by atoms with Crippen LogP contribution in [0.1, 0.15) is 35.8 Å². The Kier molecular flexibility index (Phi) is 3.44. The first-order chi connectivity index (χ1) is 10.1. The number of hydrogen-bond donors (Lipinski definition) is 2. The number of hydrogen-bond acceptors (Lipinski definition) is 2. The van der Waals surface area contributed by atoms with Crippen LogP contribution in [-0.4, -0.2) is 15.9 Å². The van der Waals surface area contributed by atoms with Crippen molar-refractivity contribution >= 4 is 22.6 Å². The molecule has 0 aliphatic carbocycles. The minimum atomic E-state index is -0.152. The maximum atomic E-state index is 12.4. The van der Waals surface area contributed by atoms with E-state index in [4.69, 9.17) is 0 Å². The number of carbonyl (C=O) groups is 1. The fourth-order valence-corrected chi connectivity index (χ4v) is 2.38. The number of para-hydroxylation sites is 1. The highest BCUT2D eigenvalue weighted by molar-refractivity contribution is 6.05. The lowest BCUT2D eigenvalue weighted by Crippen LogP contribution is -2.13. The molecule has 0 aliphatic rings. The van der Waals surface area contributed by atoms with Crippen LogP contribution in [0.4, 0.5) is 5.69 Å². The summed E-state index contributed by atoms with van der Waals surface area (Å²) in [5, 5.41) is 2.97. The molecule has 0 bridgehead atoms. The third kappa shape index (κ3) is 2.65. The molecule has 3 rings (SSSR count). The Labute approximate surface area is 123 Å². The number of pyridine rings is 1. The number of nitrogens with zero attached hydrogens (tertiary/aromatic N) is 1. The van der Waals surface area contributed by atoms with Crippen LogP contribution in [0.2, 0.25) is 0 Å². The molecule has 0 saturated carbocycles. The van der Waals surface area contributed by atoms with Gasteiger partial charge in [-0.2, -0.15) is 0 Å². The quantitative estimate of drug-likeness (QED) is 0.763. The van der Waals surface area contributed by atoms with E-state index in [2.05, 4.69) is 29.1 Å². The Morgan fingerprint density at radius 1 is 1.19 bits per heavy atom. The van der Waals surface area contributed by atoms with E-state index < -0.39 is 0 Å². The molecule has 0 atom stereocenters. The molecule has 0 aliphatic heterocycles. The normalized spacial score (nSPS) is 11.0. The summed E-state index contributed by atoms with van der Waals surface area (Å²) in [6.07, 6.45) is 1.71. The molecule has 0 spiro atoms. The van der Waals surface area contributed by atoms with E-state index in [0.717, 1.165) is 22.3 Å². The van der Waals surface area contributed by atoms with Crippen molar-refractivity contribution in [2.75, 3.05) is 5.32 Å². The average Bonchev–Trinajstić information content (AvgIpc) is 2.91. The van der Waals surface area contributed by atoms with E-state index in [0.29, 0.717) is 11.6 Å². The topological polar surface area (TPSA) is 57.8 Å². The largest absolute Gasteiger partial charge is 0.349 e. The summed E-state index contributed by atoms with van der Waals surface area (Å²) in [6, 6.07) is 13.4. The van der Waals surface area contributed by atoms with Crippen molar-refractivity contribution in [3.8, 4) is 0 Å². The predicted octanol–water partition coefficient (Wildman–Crippen LogP) is 3.94. The molecule has 0 radical (unpaired) electrons. The van der Waals surface area contributed by atoms with Crippen molar-refractivity contribution in [1.82, 2.24) is 9.97 Å². The second-order valence-corrected chi connectivity index (χ2v) is 5.32. The Balaban J connectivity index is 1.89. The summed E-state index contributed by atoms with van der Waals surface area (Å²) < 4.78 is 0. The first-order valence-corrected chi connectivity index (χ1v) is 6.99. The van der Waals surface area contributed by atoms with Crippen molar-refractivity contribution in [3.63, 3.8) is 0 Å². The third-order valence-electron chi connectivity index (χ3n) is 3.46. The van der Waals surface area contributed by atoms with Crippen LogP contribution in [0.5, 0.6) is 0 Å². The molecule has 1 aromatic carbocycles. The van der Waals surface area contributed by atoms with Crippen molar-refractivity contribution in [2.45, 2.75) is 19.8 Å². The van der Waals surface area contributed by atoms with Gasteiger partial charge in [-0.25, -0.2) is 0 Å². The standard InChI is InChI=1S/C17H17N3O/c1-11(2)12-6-3-4-7-13(12)20-17(21)16-10-15-14(19-16)8-5-9-18-15/h3-11,19H,1-2H3,(H,20,21). The number of fused-ring (bicyclic) bond motifs is 1. The van der Waals surface area contributed by atoms with E-state index in [-0.39, 0.29) is 5.91 Å². The Morgan fingerprint density at radius 3 is 2.76 bits per heavy atom. The van der Waals surface area contributed by atoms with Gasteiger partial charge in [0.15, 0.2) is 0 Å². The van der Waals surface area contributed by atoms with E-state index in [9.17, 15) is 4.79 Å². The summed E-state index contributed by atoms with van der Waals surface area (Å²) in [5.41, 5.74) is 4.14. The second kappa shape index (κ2) is 5.40. The van der Waals surface area contributed by atoms with Crippen LogP contribution in [0.25, 0.3) is 11.0 Å². The molecule has 1 amide bonds. The average molecular weight is 279 g/mol. The van der Waals surface area contributed by atoms with Crippen LogP contribution in [0, 0.1) is 0 Å². The van der Waals surface area contributed by atoms with Crippen molar-refractivity contribution in [3.05, 3.63) is 59.9 Å². The number of amides is 1. The third-order valence-corrected chi connectivity index (χ3v) is 3.46. The Bertz CT molecular complexity index is 756. The minimum Gasteiger partial charge on any atom is -0.349 e. The molecule has 4 nitrogen and oxygen atoms in total. The molecule has 106 valence electrons. The highest BCUT2D eigenvalue weighted by atomic mass is 16.1. The van der Waals surface area contributed by atoms with E-state index in [1.165, 1.54) is 0 Å². The number of benzene rings is 1. The maximum absolute atomic E-state index is 12.4. The molecule has 4 heteroatoms. The zero-order valence-electron chi connectivity index (χ0n) is 12.1. The molecule has 21 heavy (non-hydrogen) atoms. The highest BCUT2D eigenvalue weighted by Crippen LogP contribution is 2.24. The van der Waals surface area contributed by atoms with Crippen LogP contribution in [0.15, 0.2) is 48.7 Å². The van der Waals surface area contributed by atoms with Gasteiger partial charge in [-0.15, -0.1) is 0 Å². The number of anilines is 1. The fraction of sp³-hybridized carbons (Fsp3) is 0.176. The van der Waals surface area contributed by atoms with Gasteiger partial charge in [-0.3, -0.25) is 9.78 Å². The van der Waals surface area contributed by atoms with Gasteiger partial charge in [0.25, 0.3) is 5.91 Å². The van der Waals surface area contributed by atoms with Crippen molar-refractivity contribution in [2.24, 2.45) is 0 Å². The summed E-state index contributed by atoms with van der Waals surface area (Å²) in [4.78, 5) is 19.7. The van der Waals surface area contributed by atoms with E-state index in [1.807, 2.05) is 36.4 Å². The first kappa shape index (κ1) is 13.4. The summed E-state index contributed by atoms with van der Waals surface area (Å²) in [5.74, 6) is 0.201. The number of aromatic nitrogens is 2. The lowest BCUT2D eigenvalue weighted by molar-refractivity contribution is 0.102. The molecule has 2 N–H and O–H groups in total. The molecular formula is C17H17N3O. The van der Waals surface area contributed by atoms with Crippen molar-refractivity contribution < 1.29 is 4.79 Å². The maximum Gasteiger partial charge on any atom is 0.272 e. The van der Waals surface area contributed by atoms with Gasteiger partial charge < -0.3 is 10.3 Å². The van der Waals surface area contributed by atoms with Gasteiger partial charge in [0.1, 0.15) is 5.69 Å². The van der Waals surface area contributed by atoms with Gasteiger partial charge in [-0.05, 0) is 35.7 Å². The summed E-state index contributed by atoms with van der Waals surface area (Å²) in [7, 11) is 0. The van der Waals surface area contributed by atoms with Gasteiger partial charge in [0.2, 0.25) is 0 Å². The summed E-state index contributed by atoms with van der Waals surface area (Å²) in [6.45, 7) is 4.22. The second-order valence-electron chi connectivity index (χ2n) is 5.32. The van der Waals surface area contributed by atoms with Gasteiger partial charge in [0.05, 0.1) is 11.0 Å². The predicted molar refractivity (Wildman–Crippen MR) is 84.6 cm³/mol. The lowest BCUT2D eigenvalue weighted by atomic mass is 10.0. The molecule has 2 aromatic heterocycles. The molecule has 0 saturated heterocycles. The molecular weight excluding hydrogens is 262 g/mol. The van der Waals surface area contributed by atoms with E-state index >= 15 is 0 Å². The monoisotopic (exact) mass is 279 g/mol. The number of aromatic amines is 1. The SMILES string of the molecule is CC(C)c1ccccc1NC(=O)c1cc2ncccc2[nH]1. The highest BCUT2D eigenvalue weighted by Gasteiger charge is 2.13. The smallest absolute Gasteiger partial charge is 0.272 e. The lowest BCUT2D eigenvalue weighted by Gasteiger charge is -2.13. The van der Waals surface area contributed by atoms with Crippen LogP contribution in [-0.2, 0) is 0 Å². The number of nitrogens with one attached hydrogen (secondary N) is 2. The molecule has 2 heterocycles. The number of rotatable bonds is 3. The zero-order chi connectivity index (χ0) is 14.8. The minimum absolute atomic E-state index is 0.152. The van der Waals surface area contributed by atoms with E-state index in [1.54, 1.807) is 12.3 Å². The first-order valence-electron chi connectivity index (χ1n) is 6.99. The Hall–Kier alpha value is -2.62. The van der Waals surface area contributed by atoms with Gasteiger partial charge >= 0.3 is 0 Å².